The number of hydrogen-bond donors (Lipinski definition) is 2. The second-order valence-corrected chi connectivity index (χ2v) is 5.22. The van der Waals surface area contributed by atoms with Crippen LogP contribution in [-0.4, -0.2) is 24.9 Å². The molecule has 0 radical (unpaired) electrons. The van der Waals surface area contributed by atoms with E-state index >= 15 is 0 Å². The highest BCUT2D eigenvalue weighted by molar-refractivity contribution is 5.98. The summed E-state index contributed by atoms with van der Waals surface area (Å²) < 4.78 is 0. The minimum Gasteiger partial charge on any atom is -0.376 e. The van der Waals surface area contributed by atoms with Gasteiger partial charge in [-0.15, -0.1) is 0 Å². The summed E-state index contributed by atoms with van der Waals surface area (Å²) in [5, 5.41) is 3.07. The Morgan fingerprint density at radius 2 is 1.82 bits per heavy atom. The van der Waals surface area contributed by atoms with Gasteiger partial charge in [-0.05, 0) is 42.3 Å². The van der Waals surface area contributed by atoms with Crippen LogP contribution in [0.2, 0.25) is 0 Å². The van der Waals surface area contributed by atoms with Crippen molar-refractivity contribution in [2.75, 3.05) is 23.3 Å². The van der Waals surface area contributed by atoms with Gasteiger partial charge in [-0.3, -0.25) is 9.59 Å². The molecule has 1 aliphatic rings. The third kappa shape index (κ3) is 2.79. The first-order chi connectivity index (χ1) is 10.6. The van der Waals surface area contributed by atoms with Crippen molar-refractivity contribution in [1.82, 2.24) is 0 Å². The molecule has 2 aromatic rings. The maximum absolute atomic E-state index is 12.3. The number of para-hydroxylation sites is 1. The predicted molar refractivity (Wildman–Crippen MR) is 85.9 cm³/mol. The Morgan fingerprint density at radius 3 is 2.55 bits per heavy atom. The molecule has 0 unspecified atom stereocenters. The summed E-state index contributed by atoms with van der Waals surface area (Å²) in [7, 11) is 0. The van der Waals surface area contributed by atoms with Crippen LogP contribution in [0.5, 0.6) is 0 Å². The molecule has 22 heavy (non-hydrogen) atoms. The number of fused-ring (bicyclic) bond motifs is 1. The molecule has 0 aromatic heterocycles. The molecule has 0 aliphatic carbocycles. The largest absolute Gasteiger partial charge is 0.376 e. The van der Waals surface area contributed by atoms with Crippen molar-refractivity contribution in [3.63, 3.8) is 0 Å². The van der Waals surface area contributed by atoms with Gasteiger partial charge in [0.25, 0.3) is 0 Å². The van der Waals surface area contributed by atoms with Gasteiger partial charge in [0.1, 0.15) is 0 Å². The molecule has 3 rings (SSSR count). The number of rotatable bonds is 4. The normalized spacial score (nSPS) is 12.8. The number of carbonyl (C=O) groups excluding carboxylic acids is 2. The van der Waals surface area contributed by atoms with E-state index in [-0.39, 0.29) is 12.5 Å². The standard InChI is InChI=1S/C17H17N3O2/c18-17(22)13-5-7-14(8-6-13)19-11-16(21)20-10-9-12-3-1-2-4-15(12)20/h1-8,19H,9-11H2,(H2,18,22). The van der Waals surface area contributed by atoms with Crippen LogP contribution in [0.15, 0.2) is 48.5 Å². The van der Waals surface area contributed by atoms with Crippen molar-refractivity contribution in [2.45, 2.75) is 6.42 Å². The first kappa shape index (κ1) is 14.1. The second-order valence-electron chi connectivity index (χ2n) is 5.22. The van der Waals surface area contributed by atoms with Gasteiger partial charge in [-0.2, -0.15) is 0 Å². The molecule has 5 nitrogen and oxygen atoms in total. The van der Waals surface area contributed by atoms with Crippen LogP contribution in [0, 0.1) is 0 Å². The smallest absolute Gasteiger partial charge is 0.248 e. The van der Waals surface area contributed by atoms with Crippen LogP contribution in [-0.2, 0) is 11.2 Å². The van der Waals surface area contributed by atoms with Crippen molar-refractivity contribution in [3.05, 3.63) is 59.7 Å². The summed E-state index contributed by atoms with van der Waals surface area (Å²) in [5.41, 5.74) is 8.63. The molecular formula is C17H17N3O2. The van der Waals surface area contributed by atoms with Gasteiger partial charge >= 0.3 is 0 Å². The lowest BCUT2D eigenvalue weighted by molar-refractivity contribution is -0.116. The van der Waals surface area contributed by atoms with Crippen LogP contribution < -0.4 is 16.0 Å². The summed E-state index contributed by atoms with van der Waals surface area (Å²) in [4.78, 5) is 25.2. The quantitative estimate of drug-likeness (QED) is 0.903. The summed E-state index contributed by atoms with van der Waals surface area (Å²) in [6, 6.07) is 14.7. The zero-order valence-electron chi connectivity index (χ0n) is 12.1. The Kier molecular flexibility index (Phi) is 3.78. The SMILES string of the molecule is NC(=O)c1ccc(NCC(=O)N2CCc3ccccc32)cc1. The lowest BCUT2D eigenvalue weighted by Gasteiger charge is -2.18. The molecule has 1 heterocycles. The van der Waals surface area contributed by atoms with E-state index in [1.54, 1.807) is 29.2 Å². The summed E-state index contributed by atoms with van der Waals surface area (Å²) in [5.74, 6) is -0.430. The van der Waals surface area contributed by atoms with Gasteiger partial charge in [0.15, 0.2) is 0 Å². The fourth-order valence-corrected chi connectivity index (χ4v) is 2.62. The van der Waals surface area contributed by atoms with Crippen molar-refractivity contribution >= 4 is 23.2 Å². The van der Waals surface area contributed by atoms with E-state index in [9.17, 15) is 9.59 Å². The van der Waals surface area contributed by atoms with Crippen molar-refractivity contribution in [2.24, 2.45) is 5.73 Å². The van der Waals surface area contributed by atoms with E-state index in [2.05, 4.69) is 11.4 Å². The molecule has 0 fully saturated rings. The van der Waals surface area contributed by atoms with Gasteiger partial charge in [0.05, 0.1) is 6.54 Å². The lowest BCUT2D eigenvalue weighted by atomic mass is 10.2. The van der Waals surface area contributed by atoms with Crippen LogP contribution >= 0.6 is 0 Å². The van der Waals surface area contributed by atoms with Crippen molar-refractivity contribution < 1.29 is 9.59 Å². The highest BCUT2D eigenvalue weighted by Crippen LogP contribution is 2.27. The number of carbonyl (C=O) groups is 2. The summed E-state index contributed by atoms with van der Waals surface area (Å²) in [6.07, 6.45) is 0.898. The Hall–Kier alpha value is -2.82. The number of amides is 2. The van der Waals surface area contributed by atoms with Crippen molar-refractivity contribution in [1.29, 1.82) is 0 Å². The Morgan fingerprint density at radius 1 is 1.09 bits per heavy atom. The minimum absolute atomic E-state index is 0.0314. The number of primary amides is 1. The average Bonchev–Trinajstić information content (AvgIpc) is 2.97. The molecule has 1 aliphatic heterocycles. The summed E-state index contributed by atoms with van der Waals surface area (Å²) >= 11 is 0. The lowest BCUT2D eigenvalue weighted by Crippen LogP contribution is -2.34. The fourth-order valence-electron chi connectivity index (χ4n) is 2.62. The first-order valence-corrected chi connectivity index (χ1v) is 7.17. The van der Waals surface area contributed by atoms with E-state index < -0.39 is 5.91 Å². The number of nitrogens with one attached hydrogen (secondary N) is 1. The number of hydrogen-bond acceptors (Lipinski definition) is 3. The van der Waals surface area contributed by atoms with Gasteiger partial charge < -0.3 is 16.0 Å². The zero-order chi connectivity index (χ0) is 15.5. The highest BCUT2D eigenvalue weighted by Gasteiger charge is 2.23. The topological polar surface area (TPSA) is 75.4 Å². The average molecular weight is 295 g/mol. The maximum atomic E-state index is 12.3. The van der Waals surface area contributed by atoms with Gasteiger partial charge in [-0.25, -0.2) is 0 Å². The zero-order valence-corrected chi connectivity index (χ0v) is 12.1. The molecule has 0 bridgehead atoms. The number of nitrogens with two attached hydrogens (primary N) is 1. The van der Waals surface area contributed by atoms with Crippen LogP contribution in [0.25, 0.3) is 0 Å². The van der Waals surface area contributed by atoms with E-state index in [1.807, 2.05) is 18.2 Å². The highest BCUT2D eigenvalue weighted by atomic mass is 16.2. The number of nitrogens with zero attached hydrogens (tertiary/aromatic N) is 1. The molecule has 0 saturated carbocycles. The fraction of sp³-hybridized carbons (Fsp3) is 0.176. The molecule has 2 aromatic carbocycles. The predicted octanol–water partition coefficient (Wildman–Crippen LogP) is 1.79. The van der Waals surface area contributed by atoms with E-state index in [1.165, 1.54) is 5.56 Å². The third-order valence-electron chi connectivity index (χ3n) is 3.80. The molecule has 2 amide bonds. The molecule has 0 atom stereocenters. The van der Waals surface area contributed by atoms with Crippen LogP contribution in [0.4, 0.5) is 11.4 Å². The Bertz CT molecular complexity index is 710. The van der Waals surface area contributed by atoms with E-state index in [0.29, 0.717) is 5.56 Å². The van der Waals surface area contributed by atoms with Gasteiger partial charge in [0.2, 0.25) is 11.8 Å². The summed E-state index contributed by atoms with van der Waals surface area (Å²) in [6.45, 7) is 0.935. The Labute approximate surface area is 128 Å². The molecular weight excluding hydrogens is 278 g/mol. The minimum atomic E-state index is -0.462. The van der Waals surface area contributed by atoms with Crippen molar-refractivity contribution in [3.8, 4) is 0 Å². The molecule has 5 heteroatoms. The molecule has 3 N–H and O–H groups in total. The van der Waals surface area contributed by atoms with Crippen LogP contribution in [0.1, 0.15) is 15.9 Å². The second kappa shape index (κ2) is 5.89. The van der Waals surface area contributed by atoms with Gasteiger partial charge in [0, 0.05) is 23.5 Å². The third-order valence-corrected chi connectivity index (χ3v) is 3.80. The molecule has 0 saturated heterocycles. The molecule has 112 valence electrons. The molecule has 0 spiro atoms. The van der Waals surface area contributed by atoms with E-state index in [4.69, 9.17) is 5.73 Å². The Balaban J connectivity index is 1.62. The van der Waals surface area contributed by atoms with Crippen LogP contribution in [0.3, 0.4) is 0 Å². The maximum Gasteiger partial charge on any atom is 0.248 e. The first-order valence-electron chi connectivity index (χ1n) is 7.17. The van der Waals surface area contributed by atoms with E-state index in [0.717, 1.165) is 24.3 Å². The number of anilines is 2. The monoisotopic (exact) mass is 295 g/mol. The number of benzene rings is 2. The van der Waals surface area contributed by atoms with Gasteiger partial charge in [-0.1, -0.05) is 18.2 Å².